The number of aromatic nitrogens is 1. The fraction of sp³-hybridized carbons (Fsp3) is 0.320. The number of aliphatic imine (C=N–C) groups is 1. The van der Waals surface area contributed by atoms with Crippen LogP contribution in [0.15, 0.2) is 53.5 Å². The van der Waals surface area contributed by atoms with Crippen molar-refractivity contribution in [3.63, 3.8) is 0 Å². The average molecular weight is 402 g/mol. The van der Waals surface area contributed by atoms with E-state index in [1.165, 1.54) is 10.9 Å². The quantitative estimate of drug-likeness (QED) is 0.490. The van der Waals surface area contributed by atoms with Gasteiger partial charge in [0.05, 0.1) is 7.11 Å². The van der Waals surface area contributed by atoms with Gasteiger partial charge < -0.3 is 9.72 Å². The molecule has 1 saturated carbocycles. The van der Waals surface area contributed by atoms with E-state index in [0.29, 0.717) is 19.4 Å². The minimum atomic E-state index is -0.705. The Morgan fingerprint density at radius 3 is 2.47 bits per heavy atom. The third-order valence-corrected chi connectivity index (χ3v) is 5.95. The highest BCUT2D eigenvalue weighted by molar-refractivity contribution is 6.16. The van der Waals surface area contributed by atoms with Crippen LogP contribution >= 0.6 is 0 Å². The molecule has 154 valence electrons. The van der Waals surface area contributed by atoms with Crippen LogP contribution in [0.2, 0.25) is 0 Å². The van der Waals surface area contributed by atoms with Gasteiger partial charge in [-0.1, -0.05) is 30.3 Å². The van der Waals surface area contributed by atoms with Crippen LogP contribution in [0.3, 0.4) is 0 Å². The minimum absolute atomic E-state index is 0.0425. The molecule has 0 radical (unpaired) electrons. The Bertz CT molecular complexity index is 1080. The van der Waals surface area contributed by atoms with Crippen LogP contribution in [-0.2, 0) is 16.0 Å². The van der Waals surface area contributed by atoms with Gasteiger partial charge in [0.15, 0.2) is 0 Å². The van der Waals surface area contributed by atoms with Gasteiger partial charge >= 0.3 is 0 Å². The van der Waals surface area contributed by atoms with Crippen LogP contribution in [-0.4, -0.2) is 36.4 Å². The van der Waals surface area contributed by atoms with Crippen LogP contribution in [0.25, 0.3) is 10.9 Å². The van der Waals surface area contributed by atoms with Crippen LogP contribution in [0, 0.1) is 12.8 Å². The molecule has 1 aliphatic carbocycles. The molecular formula is C25H26N2O3. The fourth-order valence-electron chi connectivity index (χ4n) is 4.28. The number of para-hydroxylation sites is 1. The van der Waals surface area contributed by atoms with E-state index in [4.69, 9.17) is 4.74 Å². The number of methoxy groups -OCH3 is 1. The molecule has 0 atom stereocenters. The standard InChI is InChI=1S/C25H26N2O3/c1-16-20(21-5-3-4-6-23(21)27-16)11-12-26-15-22-24(28)13-18(14-25(22)29)17-7-9-19(30-2)10-8-17/h3-10,15,18,22,27H,11-14H2,1-2H3. The third-order valence-electron chi connectivity index (χ3n) is 5.95. The number of ether oxygens (including phenoxy) is 1. The second kappa shape index (κ2) is 8.66. The number of nitrogens with one attached hydrogen (secondary N) is 1. The molecule has 4 rings (SSSR count). The van der Waals surface area contributed by atoms with Gasteiger partial charge in [-0.3, -0.25) is 14.6 Å². The summed E-state index contributed by atoms with van der Waals surface area (Å²) in [5.41, 5.74) is 4.50. The lowest BCUT2D eigenvalue weighted by Crippen LogP contribution is -2.33. The zero-order valence-corrected chi connectivity index (χ0v) is 17.4. The Morgan fingerprint density at radius 1 is 1.07 bits per heavy atom. The van der Waals surface area contributed by atoms with Gasteiger partial charge in [0, 0.05) is 42.2 Å². The molecule has 1 aromatic heterocycles. The van der Waals surface area contributed by atoms with Crippen molar-refractivity contribution in [2.45, 2.75) is 32.1 Å². The monoisotopic (exact) mass is 402 g/mol. The summed E-state index contributed by atoms with van der Waals surface area (Å²) in [7, 11) is 1.62. The maximum absolute atomic E-state index is 12.6. The molecule has 0 saturated heterocycles. The van der Waals surface area contributed by atoms with Crippen LogP contribution < -0.4 is 4.74 Å². The number of benzene rings is 2. The summed E-state index contributed by atoms with van der Waals surface area (Å²) in [5, 5.41) is 1.21. The third kappa shape index (κ3) is 4.06. The number of H-pyrrole nitrogens is 1. The van der Waals surface area contributed by atoms with Crippen molar-refractivity contribution >= 4 is 28.7 Å². The molecular weight excluding hydrogens is 376 g/mol. The number of carbonyl (C=O) groups excluding carboxylic acids is 2. The SMILES string of the molecule is COc1ccc(C2CC(=O)C(C=NCCc3c(C)[nH]c4ccccc34)C(=O)C2)cc1. The molecule has 1 fully saturated rings. The van der Waals surface area contributed by atoms with E-state index in [2.05, 4.69) is 29.0 Å². The predicted octanol–water partition coefficient (Wildman–Crippen LogP) is 4.43. The first-order valence-corrected chi connectivity index (χ1v) is 10.3. The topological polar surface area (TPSA) is 71.5 Å². The van der Waals surface area contributed by atoms with E-state index >= 15 is 0 Å². The zero-order chi connectivity index (χ0) is 21.1. The molecule has 0 unspecified atom stereocenters. The average Bonchev–Trinajstić information content (AvgIpc) is 3.07. The largest absolute Gasteiger partial charge is 0.497 e. The molecule has 0 aliphatic heterocycles. The van der Waals surface area contributed by atoms with Gasteiger partial charge in [0.1, 0.15) is 23.2 Å². The number of carbonyl (C=O) groups is 2. The van der Waals surface area contributed by atoms with Crippen LogP contribution in [0.5, 0.6) is 5.75 Å². The number of fused-ring (bicyclic) bond motifs is 1. The Hall–Kier alpha value is -3.21. The Morgan fingerprint density at radius 2 is 1.77 bits per heavy atom. The van der Waals surface area contributed by atoms with Crippen molar-refractivity contribution in [3.05, 3.63) is 65.4 Å². The minimum Gasteiger partial charge on any atom is -0.497 e. The first-order chi connectivity index (χ1) is 14.6. The lowest BCUT2D eigenvalue weighted by Gasteiger charge is -2.24. The number of ketones is 2. The summed E-state index contributed by atoms with van der Waals surface area (Å²) in [5.74, 6) is -0.0844. The lowest BCUT2D eigenvalue weighted by molar-refractivity contribution is -0.133. The maximum Gasteiger partial charge on any atom is 0.149 e. The molecule has 1 heterocycles. The highest BCUT2D eigenvalue weighted by Gasteiger charge is 2.34. The van der Waals surface area contributed by atoms with Gasteiger partial charge in [-0.25, -0.2) is 0 Å². The van der Waals surface area contributed by atoms with Gasteiger partial charge in [0.2, 0.25) is 0 Å². The molecule has 0 bridgehead atoms. The summed E-state index contributed by atoms with van der Waals surface area (Å²) in [6, 6.07) is 15.8. The van der Waals surface area contributed by atoms with Gasteiger partial charge in [-0.2, -0.15) is 0 Å². The van der Waals surface area contributed by atoms with E-state index in [9.17, 15) is 9.59 Å². The van der Waals surface area contributed by atoms with Gasteiger partial charge in [-0.05, 0) is 48.6 Å². The molecule has 0 spiro atoms. The van der Waals surface area contributed by atoms with Gasteiger partial charge in [-0.15, -0.1) is 0 Å². The van der Waals surface area contributed by atoms with E-state index in [1.54, 1.807) is 13.3 Å². The molecule has 1 N–H and O–H groups in total. The van der Waals surface area contributed by atoms with Crippen molar-refractivity contribution in [3.8, 4) is 5.75 Å². The highest BCUT2D eigenvalue weighted by Crippen LogP contribution is 2.32. The van der Waals surface area contributed by atoms with Gasteiger partial charge in [0.25, 0.3) is 0 Å². The van der Waals surface area contributed by atoms with Crippen molar-refractivity contribution < 1.29 is 14.3 Å². The number of hydrogen-bond acceptors (Lipinski definition) is 4. The molecule has 0 amide bonds. The summed E-state index contributed by atoms with van der Waals surface area (Å²) in [6.45, 7) is 2.62. The number of aromatic amines is 1. The van der Waals surface area contributed by atoms with Crippen molar-refractivity contribution in [1.82, 2.24) is 4.98 Å². The van der Waals surface area contributed by atoms with Crippen molar-refractivity contribution in [2.24, 2.45) is 10.9 Å². The van der Waals surface area contributed by atoms with E-state index < -0.39 is 5.92 Å². The van der Waals surface area contributed by atoms with Crippen molar-refractivity contribution in [1.29, 1.82) is 0 Å². The summed E-state index contributed by atoms with van der Waals surface area (Å²) >= 11 is 0. The first kappa shape index (κ1) is 20.1. The fourth-order valence-corrected chi connectivity index (χ4v) is 4.28. The van der Waals surface area contributed by atoms with Crippen molar-refractivity contribution in [2.75, 3.05) is 13.7 Å². The molecule has 3 aromatic rings. The predicted molar refractivity (Wildman–Crippen MR) is 119 cm³/mol. The second-order valence-corrected chi connectivity index (χ2v) is 7.87. The number of nitrogens with zero attached hydrogens (tertiary/aromatic N) is 1. The van der Waals surface area contributed by atoms with Crippen LogP contribution in [0.4, 0.5) is 0 Å². The summed E-state index contributed by atoms with van der Waals surface area (Å²) in [6.07, 6.45) is 3.08. The Balaban J connectivity index is 1.38. The highest BCUT2D eigenvalue weighted by atomic mass is 16.5. The maximum atomic E-state index is 12.6. The summed E-state index contributed by atoms with van der Waals surface area (Å²) in [4.78, 5) is 33.1. The van der Waals surface area contributed by atoms with Crippen LogP contribution in [0.1, 0.15) is 35.6 Å². The number of Topliss-reactive ketones (excluding diaryl/α,β-unsaturated/α-hetero) is 2. The molecule has 2 aromatic carbocycles. The Kier molecular flexibility index (Phi) is 5.79. The van der Waals surface area contributed by atoms with E-state index in [0.717, 1.165) is 28.9 Å². The Labute approximate surface area is 176 Å². The number of rotatable bonds is 6. The second-order valence-electron chi connectivity index (χ2n) is 7.87. The first-order valence-electron chi connectivity index (χ1n) is 10.3. The molecule has 30 heavy (non-hydrogen) atoms. The molecule has 1 aliphatic rings. The number of aryl methyl sites for hydroxylation is 1. The zero-order valence-electron chi connectivity index (χ0n) is 17.4. The molecule has 5 nitrogen and oxygen atoms in total. The number of hydrogen-bond donors (Lipinski definition) is 1. The molecule has 5 heteroatoms. The normalized spacial score (nSPS) is 19.7. The smallest absolute Gasteiger partial charge is 0.149 e. The van der Waals surface area contributed by atoms with E-state index in [-0.39, 0.29) is 17.5 Å². The lowest BCUT2D eigenvalue weighted by atomic mass is 9.77. The van der Waals surface area contributed by atoms with E-state index in [1.807, 2.05) is 36.4 Å². The summed E-state index contributed by atoms with van der Waals surface area (Å²) < 4.78 is 5.18.